The maximum atomic E-state index is 10.3. The molecule has 7 nitrogen and oxygen atoms in total. The number of hydroxylamine groups is 2. The number of piperidine rings is 2. The van der Waals surface area contributed by atoms with Crippen LogP contribution in [0.1, 0.15) is 43.2 Å². The molecule has 0 amide bonds. The molecule has 0 aliphatic carbocycles. The van der Waals surface area contributed by atoms with Crippen LogP contribution < -0.4 is 4.74 Å². The number of ether oxygens (including phenoxy) is 1. The van der Waals surface area contributed by atoms with Crippen LogP contribution in [0.4, 0.5) is 0 Å². The summed E-state index contributed by atoms with van der Waals surface area (Å²) in [6.45, 7) is 6.54. The number of hydrogen-bond donors (Lipinski definition) is 2. The number of nitrogens with one attached hydrogen (secondary N) is 1. The number of nitrogens with zero attached hydrogens (tertiary/aromatic N) is 3. The first-order valence-corrected chi connectivity index (χ1v) is 11.3. The molecule has 30 heavy (non-hydrogen) atoms. The molecule has 2 aliphatic rings. The standard InChI is InChI=1S/C22H35ClN4O3/c1-17-12-20(29-2)25-14-18(17)13-22(21(23)24)6-10-27(11-7-22)30-16-19(28)15-26-8-4-3-5-9-26/h12,14,19,24,28H,3-11,13,15-16H2,1-2H3. The first kappa shape index (κ1) is 23.4. The zero-order valence-electron chi connectivity index (χ0n) is 18.2. The largest absolute Gasteiger partial charge is 0.481 e. The molecular formula is C22H35ClN4O3. The first-order valence-electron chi connectivity index (χ1n) is 10.9. The van der Waals surface area contributed by atoms with Crippen LogP contribution in [-0.4, -0.2) is 77.8 Å². The van der Waals surface area contributed by atoms with E-state index in [0.29, 0.717) is 38.5 Å². The number of β-amino-alcohol motifs (C(OH)–C–C–N with tert-alkyl or cyclic N) is 1. The van der Waals surface area contributed by atoms with Gasteiger partial charge in [0.25, 0.3) is 0 Å². The Morgan fingerprint density at radius 2 is 1.97 bits per heavy atom. The predicted molar refractivity (Wildman–Crippen MR) is 118 cm³/mol. The molecule has 0 bridgehead atoms. The van der Waals surface area contributed by atoms with E-state index in [2.05, 4.69) is 9.88 Å². The molecule has 8 heteroatoms. The highest BCUT2D eigenvalue weighted by atomic mass is 35.5. The van der Waals surface area contributed by atoms with Gasteiger partial charge in [-0.2, -0.15) is 5.06 Å². The smallest absolute Gasteiger partial charge is 0.213 e. The van der Waals surface area contributed by atoms with Gasteiger partial charge in [-0.25, -0.2) is 4.98 Å². The quantitative estimate of drug-likeness (QED) is 0.577. The van der Waals surface area contributed by atoms with Crippen molar-refractivity contribution in [3.63, 3.8) is 0 Å². The van der Waals surface area contributed by atoms with E-state index in [1.54, 1.807) is 7.11 Å². The molecule has 0 radical (unpaired) electrons. The zero-order chi connectivity index (χ0) is 21.6. The number of aromatic nitrogens is 1. The lowest BCUT2D eigenvalue weighted by atomic mass is 9.74. The van der Waals surface area contributed by atoms with E-state index in [-0.39, 0.29) is 5.17 Å². The van der Waals surface area contributed by atoms with Crippen molar-refractivity contribution in [2.24, 2.45) is 5.41 Å². The van der Waals surface area contributed by atoms with E-state index < -0.39 is 11.5 Å². The van der Waals surface area contributed by atoms with Gasteiger partial charge in [0.2, 0.25) is 5.88 Å². The third-order valence-corrected chi connectivity index (χ3v) is 6.85. The SMILES string of the molecule is COc1cc(C)c(CC2(C(=N)Cl)CCN(OCC(O)CN3CCCCC3)CC2)cn1. The highest BCUT2D eigenvalue weighted by Gasteiger charge is 2.39. The summed E-state index contributed by atoms with van der Waals surface area (Å²) in [6, 6.07) is 1.92. The van der Waals surface area contributed by atoms with Gasteiger partial charge >= 0.3 is 0 Å². The molecule has 3 heterocycles. The molecule has 2 fully saturated rings. The van der Waals surface area contributed by atoms with E-state index in [9.17, 15) is 5.11 Å². The van der Waals surface area contributed by atoms with Crippen LogP contribution in [0.2, 0.25) is 0 Å². The number of pyridine rings is 1. The average molecular weight is 439 g/mol. The lowest BCUT2D eigenvalue weighted by Gasteiger charge is -2.40. The van der Waals surface area contributed by atoms with E-state index >= 15 is 0 Å². The van der Waals surface area contributed by atoms with E-state index in [4.69, 9.17) is 26.6 Å². The van der Waals surface area contributed by atoms with Crippen LogP contribution in [0.15, 0.2) is 12.3 Å². The van der Waals surface area contributed by atoms with E-state index in [1.165, 1.54) is 19.3 Å². The normalized spacial score (nSPS) is 21.3. The van der Waals surface area contributed by atoms with E-state index in [1.807, 2.05) is 24.3 Å². The van der Waals surface area contributed by atoms with Crippen molar-refractivity contribution in [3.05, 3.63) is 23.4 Å². The van der Waals surface area contributed by atoms with Gasteiger partial charge in [-0.05, 0) is 63.2 Å². The van der Waals surface area contributed by atoms with Crippen molar-refractivity contribution >= 4 is 16.8 Å². The Balaban J connectivity index is 1.50. The number of rotatable bonds is 9. The molecule has 1 unspecified atom stereocenters. The minimum atomic E-state index is -0.478. The second-order valence-corrected chi connectivity index (χ2v) is 9.04. The highest BCUT2D eigenvalue weighted by Crippen LogP contribution is 2.38. The summed E-state index contributed by atoms with van der Waals surface area (Å²) in [7, 11) is 1.61. The fourth-order valence-corrected chi connectivity index (χ4v) is 4.68. The van der Waals surface area contributed by atoms with Crippen molar-refractivity contribution in [3.8, 4) is 5.88 Å². The molecule has 1 aromatic heterocycles. The molecule has 1 atom stereocenters. The third kappa shape index (κ3) is 6.14. The summed E-state index contributed by atoms with van der Waals surface area (Å²) >= 11 is 6.29. The fraction of sp³-hybridized carbons (Fsp3) is 0.727. The third-order valence-electron chi connectivity index (χ3n) is 6.44. The van der Waals surface area contributed by atoms with Gasteiger partial charge in [-0.3, -0.25) is 10.2 Å². The van der Waals surface area contributed by atoms with Crippen LogP contribution in [-0.2, 0) is 11.3 Å². The number of aryl methyl sites for hydroxylation is 1. The highest BCUT2D eigenvalue weighted by molar-refractivity contribution is 6.65. The van der Waals surface area contributed by atoms with Crippen LogP contribution in [0, 0.1) is 17.7 Å². The second kappa shape index (κ2) is 10.9. The van der Waals surface area contributed by atoms with Crippen molar-refractivity contribution < 1.29 is 14.7 Å². The Kier molecular flexibility index (Phi) is 8.48. The Morgan fingerprint density at radius 3 is 2.57 bits per heavy atom. The number of hydrogen-bond acceptors (Lipinski definition) is 7. The molecular weight excluding hydrogens is 404 g/mol. The Labute approximate surface area is 184 Å². The van der Waals surface area contributed by atoms with Crippen LogP contribution >= 0.6 is 11.6 Å². The minimum absolute atomic E-state index is 0.197. The van der Waals surface area contributed by atoms with Crippen molar-refractivity contribution in [1.29, 1.82) is 5.41 Å². The molecule has 2 aliphatic heterocycles. The number of methoxy groups -OCH3 is 1. The molecule has 168 valence electrons. The van der Waals surface area contributed by atoms with Gasteiger partial charge in [0.05, 0.1) is 19.8 Å². The second-order valence-electron chi connectivity index (χ2n) is 8.66. The number of likely N-dealkylation sites (tertiary alicyclic amines) is 1. The molecule has 0 spiro atoms. The Bertz CT molecular complexity index is 704. The zero-order valence-corrected chi connectivity index (χ0v) is 19.0. The van der Waals surface area contributed by atoms with Crippen LogP contribution in [0.3, 0.4) is 0 Å². The van der Waals surface area contributed by atoms with Crippen molar-refractivity contribution in [1.82, 2.24) is 14.9 Å². The van der Waals surface area contributed by atoms with Crippen molar-refractivity contribution in [2.75, 3.05) is 46.4 Å². The maximum Gasteiger partial charge on any atom is 0.213 e. The minimum Gasteiger partial charge on any atom is -0.481 e. The average Bonchev–Trinajstić information content (AvgIpc) is 2.75. The molecule has 2 N–H and O–H groups in total. The van der Waals surface area contributed by atoms with Gasteiger partial charge in [-0.15, -0.1) is 0 Å². The Hall–Kier alpha value is -1.25. The summed E-state index contributed by atoms with van der Waals surface area (Å²) < 4.78 is 5.19. The fourth-order valence-electron chi connectivity index (χ4n) is 4.42. The molecule has 0 saturated carbocycles. The van der Waals surface area contributed by atoms with Gasteiger partial charge < -0.3 is 14.7 Å². The van der Waals surface area contributed by atoms with Crippen LogP contribution in [0.25, 0.3) is 0 Å². The molecule has 3 rings (SSSR count). The lowest BCUT2D eigenvalue weighted by Crippen LogP contribution is -2.45. The van der Waals surface area contributed by atoms with Crippen molar-refractivity contribution in [2.45, 2.75) is 51.6 Å². The summed E-state index contributed by atoms with van der Waals surface area (Å²) in [5.74, 6) is 0.595. The molecule has 1 aromatic rings. The lowest BCUT2D eigenvalue weighted by molar-refractivity contribution is -0.196. The van der Waals surface area contributed by atoms with Gasteiger partial charge in [-0.1, -0.05) is 18.0 Å². The molecule has 2 saturated heterocycles. The predicted octanol–water partition coefficient (Wildman–Crippen LogP) is 3.02. The number of aliphatic hydroxyl groups is 1. The Morgan fingerprint density at radius 1 is 1.27 bits per heavy atom. The monoisotopic (exact) mass is 438 g/mol. The summed E-state index contributed by atoms with van der Waals surface area (Å²) in [6.07, 6.45) is 7.24. The van der Waals surface area contributed by atoms with Gasteiger partial charge in [0, 0.05) is 37.3 Å². The number of aliphatic hydroxyl groups excluding tert-OH is 1. The van der Waals surface area contributed by atoms with E-state index in [0.717, 1.165) is 37.1 Å². The summed E-state index contributed by atoms with van der Waals surface area (Å²) in [5, 5.41) is 20.7. The molecule has 0 aromatic carbocycles. The first-order chi connectivity index (χ1) is 14.4. The summed E-state index contributed by atoms with van der Waals surface area (Å²) in [4.78, 5) is 12.5. The van der Waals surface area contributed by atoms with Crippen LogP contribution in [0.5, 0.6) is 5.88 Å². The van der Waals surface area contributed by atoms with Gasteiger partial charge in [0.15, 0.2) is 0 Å². The number of halogens is 1. The maximum absolute atomic E-state index is 10.3. The topological polar surface area (TPSA) is 81.9 Å². The summed E-state index contributed by atoms with van der Waals surface area (Å²) in [5.41, 5.74) is 1.79. The van der Waals surface area contributed by atoms with Gasteiger partial charge in [0.1, 0.15) is 5.17 Å².